The number of aromatic nitrogens is 1. The molecule has 0 radical (unpaired) electrons. The first-order valence-corrected chi connectivity index (χ1v) is 7.67. The Morgan fingerprint density at radius 2 is 2.45 bits per heavy atom. The first-order valence-electron chi connectivity index (χ1n) is 6.79. The average molecular weight is 298 g/mol. The number of ether oxygens (including phenoxy) is 1. The minimum Gasteiger partial charge on any atom is -0.373 e. The average Bonchev–Trinajstić information content (AvgIpc) is 2.86. The third-order valence-electron chi connectivity index (χ3n) is 3.18. The third kappa shape index (κ3) is 4.24. The number of nitrogens with two attached hydrogens (primary N) is 1. The molecule has 1 amide bonds. The van der Waals surface area contributed by atoms with E-state index in [0.29, 0.717) is 18.8 Å². The van der Waals surface area contributed by atoms with Crippen molar-refractivity contribution in [3.8, 4) is 0 Å². The van der Waals surface area contributed by atoms with Gasteiger partial charge >= 0.3 is 0 Å². The number of rotatable bonds is 5. The fourth-order valence-corrected chi connectivity index (χ4v) is 2.89. The normalized spacial score (nSPS) is 18.9. The topological polar surface area (TPSA) is 80.5 Å². The van der Waals surface area contributed by atoms with Crippen LogP contribution in [0.1, 0.15) is 29.3 Å². The van der Waals surface area contributed by atoms with Crippen LogP contribution in [0.4, 0.5) is 0 Å². The van der Waals surface area contributed by atoms with Crippen LogP contribution >= 0.6 is 11.3 Å². The number of nitrogens with zero attached hydrogens (tertiary/aromatic N) is 2. The quantitative estimate of drug-likeness (QED) is 0.824. The van der Waals surface area contributed by atoms with Crippen LogP contribution in [0.15, 0.2) is 5.38 Å². The van der Waals surface area contributed by atoms with E-state index in [4.69, 9.17) is 10.5 Å². The highest BCUT2D eigenvalue weighted by molar-refractivity contribution is 7.09. The highest BCUT2D eigenvalue weighted by Crippen LogP contribution is 2.15. The fourth-order valence-electron chi connectivity index (χ4n) is 2.23. The van der Waals surface area contributed by atoms with Crippen molar-refractivity contribution in [1.29, 1.82) is 0 Å². The van der Waals surface area contributed by atoms with Crippen LogP contribution in [0.25, 0.3) is 0 Å². The van der Waals surface area contributed by atoms with Gasteiger partial charge in [0.15, 0.2) is 0 Å². The highest BCUT2D eigenvalue weighted by Gasteiger charge is 2.26. The minimum absolute atomic E-state index is 0.104. The second-order valence-corrected chi connectivity index (χ2v) is 6.41. The Balaban J connectivity index is 1.74. The van der Waals surface area contributed by atoms with Gasteiger partial charge in [-0.3, -0.25) is 9.69 Å². The Kier molecular flexibility index (Phi) is 5.09. The van der Waals surface area contributed by atoms with Gasteiger partial charge in [0.2, 0.25) is 0 Å². The van der Waals surface area contributed by atoms with Crippen molar-refractivity contribution >= 4 is 17.2 Å². The van der Waals surface area contributed by atoms with Gasteiger partial charge in [0.1, 0.15) is 10.7 Å². The van der Waals surface area contributed by atoms with Gasteiger partial charge in [0, 0.05) is 38.1 Å². The molecule has 2 heterocycles. The molecule has 6 nitrogen and oxygen atoms in total. The molecule has 0 spiro atoms. The molecule has 0 unspecified atom stereocenters. The number of hydrogen-bond donors (Lipinski definition) is 2. The summed E-state index contributed by atoms with van der Waals surface area (Å²) in [6, 6.07) is 0. The lowest BCUT2D eigenvalue weighted by Crippen LogP contribution is -2.50. The molecule has 0 aromatic carbocycles. The molecule has 112 valence electrons. The lowest BCUT2D eigenvalue weighted by atomic mass is 10.1. The van der Waals surface area contributed by atoms with E-state index in [9.17, 15) is 4.79 Å². The Morgan fingerprint density at radius 1 is 1.65 bits per heavy atom. The fraction of sp³-hybridized carbons (Fsp3) is 0.692. The first kappa shape index (κ1) is 15.4. The van der Waals surface area contributed by atoms with E-state index in [1.807, 2.05) is 0 Å². The van der Waals surface area contributed by atoms with Crippen LogP contribution in [-0.4, -0.2) is 54.2 Å². The van der Waals surface area contributed by atoms with Crippen molar-refractivity contribution in [1.82, 2.24) is 15.2 Å². The largest absolute Gasteiger partial charge is 0.373 e. The molecule has 2 rings (SSSR count). The van der Waals surface area contributed by atoms with Crippen molar-refractivity contribution in [3.05, 3.63) is 16.1 Å². The maximum absolute atomic E-state index is 11.9. The highest BCUT2D eigenvalue weighted by atomic mass is 32.1. The van der Waals surface area contributed by atoms with Crippen molar-refractivity contribution < 1.29 is 9.53 Å². The molecule has 1 aliphatic rings. The van der Waals surface area contributed by atoms with Gasteiger partial charge in [-0.25, -0.2) is 4.98 Å². The minimum atomic E-state index is -0.131. The zero-order chi connectivity index (χ0) is 14.6. The number of morpholine rings is 1. The Bertz CT molecular complexity index is 461. The summed E-state index contributed by atoms with van der Waals surface area (Å²) in [6.07, 6.45) is 0. The second kappa shape index (κ2) is 6.62. The van der Waals surface area contributed by atoms with E-state index < -0.39 is 0 Å². The maximum atomic E-state index is 11.9. The van der Waals surface area contributed by atoms with Crippen LogP contribution < -0.4 is 11.1 Å². The van der Waals surface area contributed by atoms with Crippen molar-refractivity contribution in [2.24, 2.45) is 5.73 Å². The van der Waals surface area contributed by atoms with Gasteiger partial charge in [-0.15, -0.1) is 11.3 Å². The number of amides is 1. The van der Waals surface area contributed by atoms with E-state index in [2.05, 4.69) is 29.0 Å². The SMILES string of the molecule is CC1(C)CN(CCNC(=O)c2csc(CN)n2)CCO1. The summed E-state index contributed by atoms with van der Waals surface area (Å²) >= 11 is 1.42. The van der Waals surface area contributed by atoms with Gasteiger partial charge in [-0.05, 0) is 13.8 Å². The summed E-state index contributed by atoms with van der Waals surface area (Å²) in [5, 5.41) is 5.42. The molecule has 1 aromatic rings. The van der Waals surface area contributed by atoms with E-state index >= 15 is 0 Å². The van der Waals surface area contributed by atoms with Crippen LogP contribution in [-0.2, 0) is 11.3 Å². The Morgan fingerprint density at radius 3 is 3.10 bits per heavy atom. The molecule has 20 heavy (non-hydrogen) atoms. The summed E-state index contributed by atoms with van der Waals surface area (Å²) < 4.78 is 5.66. The molecular weight excluding hydrogens is 276 g/mol. The van der Waals surface area contributed by atoms with Gasteiger partial charge in [0.25, 0.3) is 5.91 Å². The number of thiazole rings is 1. The summed E-state index contributed by atoms with van der Waals surface area (Å²) in [5.74, 6) is -0.131. The van der Waals surface area contributed by atoms with E-state index in [-0.39, 0.29) is 11.5 Å². The van der Waals surface area contributed by atoms with E-state index in [1.165, 1.54) is 11.3 Å². The van der Waals surface area contributed by atoms with Crippen molar-refractivity contribution in [2.75, 3.05) is 32.8 Å². The molecule has 0 aliphatic carbocycles. The Labute approximate surface area is 123 Å². The van der Waals surface area contributed by atoms with Gasteiger partial charge < -0.3 is 15.8 Å². The van der Waals surface area contributed by atoms with Crippen LogP contribution in [0, 0.1) is 0 Å². The molecule has 3 N–H and O–H groups in total. The predicted molar refractivity (Wildman–Crippen MR) is 78.8 cm³/mol. The molecule has 1 aromatic heterocycles. The molecule has 0 saturated carbocycles. The first-order chi connectivity index (χ1) is 9.50. The standard InChI is InChI=1S/C13H22N4O2S/c1-13(2)9-17(5-6-19-13)4-3-15-12(18)10-8-20-11(7-14)16-10/h8H,3-7,9,14H2,1-2H3,(H,15,18). The van der Waals surface area contributed by atoms with Gasteiger partial charge in [-0.2, -0.15) is 0 Å². The van der Waals surface area contributed by atoms with Crippen molar-refractivity contribution in [2.45, 2.75) is 26.0 Å². The summed E-state index contributed by atoms with van der Waals surface area (Å²) in [7, 11) is 0. The number of carbonyl (C=O) groups excluding carboxylic acids is 1. The molecule has 1 fully saturated rings. The third-order valence-corrected chi connectivity index (χ3v) is 4.05. The number of carbonyl (C=O) groups is 1. The smallest absolute Gasteiger partial charge is 0.270 e. The zero-order valence-electron chi connectivity index (χ0n) is 12.0. The molecule has 1 saturated heterocycles. The monoisotopic (exact) mass is 298 g/mol. The second-order valence-electron chi connectivity index (χ2n) is 5.47. The summed E-state index contributed by atoms with van der Waals surface area (Å²) in [4.78, 5) is 18.4. The summed E-state index contributed by atoms with van der Waals surface area (Å²) in [6.45, 7) is 8.53. The van der Waals surface area contributed by atoms with Crippen LogP contribution in [0.5, 0.6) is 0 Å². The lowest BCUT2D eigenvalue weighted by molar-refractivity contribution is -0.0853. The van der Waals surface area contributed by atoms with Crippen LogP contribution in [0.2, 0.25) is 0 Å². The predicted octanol–water partition coefficient (Wildman–Crippen LogP) is 0.442. The zero-order valence-corrected chi connectivity index (χ0v) is 12.8. The van der Waals surface area contributed by atoms with Crippen molar-refractivity contribution in [3.63, 3.8) is 0 Å². The summed E-state index contributed by atoms with van der Waals surface area (Å²) in [5.41, 5.74) is 5.84. The van der Waals surface area contributed by atoms with Crippen LogP contribution in [0.3, 0.4) is 0 Å². The van der Waals surface area contributed by atoms with E-state index in [0.717, 1.165) is 31.2 Å². The molecule has 0 atom stereocenters. The molecular formula is C13H22N4O2S. The molecule has 7 heteroatoms. The van der Waals surface area contributed by atoms with Gasteiger partial charge in [-0.1, -0.05) is 0 Å². The molecule has 1 aliphatic heterocycles. The van der Waals surface area contributed by atoms with Gasteiger partial charge in [0.05, 0.1) is 12.2 Å². The van der Waals surface area contributed by atoms with E-state index in [1.54, 1.807) is 5.38 Å². The Hall–Kier alpha value is -1.02. The molecule has 0 bridgehead atoms. The number of nitrogens with one attached hydrogen (secondary N) is 1. The lowest BCUT2D eigenvalue weighted by Gasteiger charge is -2.38. The number of hydrogen-bond acceptors (Lipinski definition) is 6. The maximum Gasteiger partial charge on any atom is 0.270 e.